The second kappa shape index (κ2) is 10.3. The molecule has 7 nitrogen and oxygen atoms in total. The summed E-state index contributed by atoms with van der Waals surface area (Å²) in [7, 11) is 0. The molecule has 0 bridgehead atoms. The number of esters is 1. The molecule has 2 fully saturated rings. The van der Waals surface area contributed by atoms with Crippen LogP contribution in [0.1, 0.15) is 66.4 Å². The molecule has 0 radical (unpaired) electrons. The molecule has 3 aromatic rings. The largest absolute Gasteiger partial charge is 0.514 e. The van der Waals surface area contributed by atoms with Gasteiger partial charge in [-0.15, -0.1) is 4.91 Å². The Bertz CT molecular complexity index is 1390. The maximum atomic E-state index is 12.6. The van der Waals surface area contributed by atoms with Crippen LogP contribution in [-0.2, 0) is 11.2 Å². The van der Waals surface area contributed by atoms with Crippen molar-refractivity contribution in [2.75, 3.05) is 0 Å². The number of benzene rings is 3. The van der Waals surface area contributed by atoms with Crippen molar-refractivity contribution in [2.24, 2.45) is 22.4 Å². The smallest absolute Gasteiger partial charge is 0.430 e. The van der Waals surface area contributed by atoms with Crippen LogP contribution in [0.15, 0.2) is 78.0 Å². The summed E-state index contributed by atoms with van der Waals surface area (Å²) in [4.78, 5) is 35.8. The maximum absolute atomic E-state index is 12.6. The lowest BCUT2D eigenvalue weighted by Gasteiger charge is -2.50. The molecular weight excluding hydrogens is 494 g/mol. The zero-order valence-corrected chi connectivity index (χ0v) is 21.9. The van der Waals surface area contributed by atoms with E-state index in [9.17, 15) is 14.5 Å². The molecule has 200 valence electrons. The number of hydrogen-bond donors (Lipinski definition) is 0. The van der Waals surface area contributed by atoms with Gasteiger partial charge in [0, 0.05) is 5.41 Å². The molecule has 0 heterocycles. The van der Waals surface area contributed by atoms with E-state index in [4.69, 9.17) is 14.2 Å². The average Bonchev–Trinajstić information content (AvgIpc) is 3.29. The zero-order chi connectivity index (χ0) is 27.0. The first-order chi connectivity index (χ1) is 18.9. The molecule has 3 aliphatic rings. The molecule has 0 amide bonds. The quantitative estimate of drug-likeness (QED) is 0.146. The van der Waals surface area contributed by atoms with E-state index in [1.807, 2.05) is 30.3 Å². The number of aryl methyl sites for hydroxylation is 1. The summed E-state index contributed by atoms with van der Waals surface area (Å²) < 4.78 is 16.9. The summed E-state index contributed by atoms with van der Waals surface area (Å²) in [6, 6.07) is 21.2. The molecular formula is C32H31NO6. The third-order valence-electron chi connectivity index (χ3n) is 9.21. The molecule has 3 aromatic carbocycles. The topological polar surface area (TPSA) is 91.3 Å². The van der Waals surface area contributed by atoms with Gasteiger partial charge in [0.1, 0.15) is 23.3 Å². The molecule has 0 saturated heterocycles. The Balaban J connectivity index is 1.12. The fourth-order valence-electron chi connectivity index (χ4n) is 7.32. The Morgan fingerprint density at radius 3 is 2.41 bits per heavy atom. The number of carbonyl (C=O) groups is 2. The lowest BCUT2D eigenvalue weighted by molar-refractivity contribution is -0.0431. The molecule has 3 aliphatic carbocycles. The number of hydrogen-bond acceptors (Lipinski definition) is 7. The van der Waals surface area contributed by atoms with Crippen LogP contribution < -0.4 is 9.47 Å². The second-order valence-corrected chi connectivity index (χ2v) is 11.2. The van der Waals surface area contributed by atoms with Gasteiger partial charge in [-0.3, -0.25) is 0 Å². The molecule has 39 heavy (non-hydrogen) atoms. The Labute approximate surface area is 227 Å². The predicted molar refractivity (Wildman–Crippen MR) is 145 cm³/mol. The van der Waals surface area contributed by atoms with Gasteiger partial charge >= 0.3 is 12.1 Å². The fraction of sp³-hybridized carbons (Fsp3) is 0.375. The molecule has 0 spiro atoms. The van der Waals surface area contributed by atoms with Crippen LogP contribution in [0.2, 0.25) is 0 Å². The van der Waals surface area contributed by atoms with Crippen LogP contribution in [0.4, 0.5) is 10.5 Å². The minimum Gasteiger partial charge on any atom is -0.430 e. The normalized spacial score (nSPS) is 26.9. The van der Waals surface area contributed by atoms with Crippen LogP contribution >= 0.6 is 0 Å². The van der Waals surface area contributed by atoms with Gasteiger partial charge in [-0.05, 0) is 121 Å². The summed E-state index contributed by atoms with van der Waals surface area (Å²) in [6.45, 7) is 2.27. The van der Waals surface area contributed by atoms with Gasteiger partial charge in [0.2, 0.25) is 0 Å². The molecule has 0 aliphatic heterocycles. The maximum Gasteiger partial charge on any atom is 0.514 e. The first-order valence-electron chi connectivity index (χ1n) is 13.7. The third-order valence-corrected chi connectivity index (χ3v) is 9.21. The number of nitrogens with zero attached hydrogens (tertiary/aromatic N) is 1. The fourth-order valence-corrected chi connectivity index (χ4v) is 7.32. The highest BCUT2D eigenvalue weighted by atomic mass is 16.7. The summed E-state index contributed by atoms with van der Waals surface area (Å²) in [6.07, 6.45) is 4.98. The van der Waals surface area contributed by atoms with Crippen molar-refractivity contribution >= 4 is 17.8 Å². The number of carbonyl (C=O) groups excluding carboxylic acids is 2. The van der Waals surface area contributed by atoms with E-state index in [1.54, 1.807) is 12.1 Å². The summed E-state index contributed by atoms with van der Waals surface area (Å²) in [5.41, 5.74) is 3.36. The lowest BCUT2D eigenvalue weighted by Crippen LogP contribution is -2.45. The lowest BCUT2D eigenvalue weighted by atomic mass is 9.55. The zero-order valence-electron chi connectivity index (χ0n) is 21.9. The number of fused-ring (bicyclic) bond motifs is 5. The third kappa shape index (κ3) is 4.82. The molecule has 2 saturated carbocycles. The van der Waals surface area contributed by atoms with E-state index in [-0.39, 0.29) is 23.2 Å². The minimum absolute atomic E-state index is 0.0891. The molecule has 5 atom stereocenters. The summed E-state index contributed by atoms with van der Waals surface area (Å²) in [5.74, 6) is 2.03. The standard InChI is InChI=1S/C32H31NO6/c1-32-18-17-26-25-14-12-24(37-30(34)20-5-3-2-4-6-20)19-21(25)7-13-27(26)28(32)15-16-29(32)39-31(35)38-23-10-8-22(33-36)9-11-23/h2-6,8-12,14,19,26-29H,7,13,15-18H2,1H3. The van der Waals surface area contributed by atoms with Gasteiger partial charge in [-0.1, -0.05) is 31.2 Å². The van der Waals surface area contributed by atoms with Crippen molar-refractivity contribution in [1.82, 2.24) is 0 Å². The monoisotopic (exact) mass is 525 g/mol. The highest BCUT2D eigenvalue weighted by Crippen LogP contribution is 2.61. The van der Waals surface area contributed by atoms with E-state index in [2.05, 4.69) is 18.2 Å². The van der Waals surface area contributed by atoms with Crippen LogP contribution in [0.3, 0.4) is 0 Å². The van der Waals surface area contributed by atoms with Gasteiger partial charge in [0.25, 0.3) is 0 Å². The van der Waals surface area contributed by atoms with Crippen LogP contribution in [0.5, 0.6) is 11.5 Å². The molecule has 5 unspecified atom stereocenters. The van der Waals surface area contributed by atoms with E-state index in [0.29, 0.717) is 34.8 Å². The number of rotatable bonds is 5. The van der Waals surface area contributed by atoms with Crippen LogP contribution in [-0.4, -0.2) is 18.2 Å². The van der Waals surface area contributed by atoms with Crippen molar-refractivity contribution in [3.05, 3.63) is 94.4 Å². The molecule has 0 N–H and O–H groups in total. The Kier molecular flexibility index (Phi) is 6.67. The summed E-state index contributed by atoms with van der Waals surface area (Å²) in [5, 5.41) is 2.86. The first kappa shape index (κ1) is 25.3. The number of ether oxygens (including phenoxy) is 3. The van der Waals surface area contributed by atoms with Crippen molar-refractivity contribution in [1.29, 1.82) is 0 Å². The highest BCUT2D eigenvalue weighted by molar-refractivity contribution is 5.91. The minimum atomic E-state index is -0.706. The van der Waals surface area contributed by atoms with Crippen LogP contribution in [0, 0.1) is 22.2 Å². The second-order valence-electron chi connectivity index (χ2n) is 11.2. The van der Waals surface area contributed by atoms with Crippen molar-refractivity contribution in [3.8, 4) is 11.5 Å². The number of nitroso groups, excluding NO2 is 1. The molecule has 6 rings (SSSR count). The first-order valence-corrected chi connectivity index (χ1v) is 13.7. The summed E-state index contributed by atoms with van der Waals surface area (Å²) >= 11 is 0. The highest BCUT2D eigenvalue weighted by Gasteiger charge is 2.56. The Hall–Kier alpha value is -4.00. The van der Waals surface area contributed by atoms with Gasteiger partial charge in [0.15, 0.2) is 0 Å². The molecule has 0 aromatic heterocycles. The Morgan fingerprint density at radius 1 is 0.872 bits per heavy atom. The van der Waals surface area contributed by atoms with E-state index < -0.39 is 6.16 Å². The van der Waals surface area contributed by atoms with Crippen LogP contribution in [0.25, 0.3) is 0 Å². The van der Waals surface area contributed by atoms with E-state index >= 15 is 0 Å². The Morgan fingerprint density at radius 2 is 1.64 bits per heavy atom. The molecule has 7 heteroatoms. The van der Waals surface area contributed by atoms with Crippen molar-refractivity contribution in [3.63, 3.8) is 0 Å². The van der Waals surface area contributed by atoms with Gasteiger partial charge in [-0.25, -0.2) is 9.59 Å². The van der Waals surface area contributed by atoms with Gasteiger partial charge in [-0.2, -0.15) is 0 Å². The SMILES string of the molecule is CC12CCC3c4ccc(OC(=O)c5ccccc5)cc4CCC3C1CCC2OC(=O)Oc1ccc(N=O)cc1. The van der Waals surface area contributed by atoms with Gasteiger partial charge in [0.05, 0.1) is 5.56 Å². The van der Waals surface area contributed by atoms with E-state index in [1.165, 1.54) is 35.4 Å². The average molecular weight is 526 g/mol. The van der Waals surface area contributed by atoms with E-state index in [0.717, 1.165) is 38.5 Å². The van der Waals surface area contributed by atoms with Gasteiger partial charge < -0.3 is 14.2 Å². The predicted octanol–water partition coefficient (Wildman–Crippen LogP) is 7.74. The van der Waals surface area contributed by atoms with Crippen molar-refractivity contribution in [2.45, 2.75) is 57.5 Å². The van der Waals surface area contributed by atoms with Crippen molar-refractivity contribution < 1.29 is 23.8 Å².